The van der Waals surface area contributed by atoms with Crippen molar-refractivity contribution in [1.29, 1.82) is 0 Å². The number of rotatable bonds is 7. The van der Waals surface area contributed by atoms with Gasteiger partial charge in [0.15, 0.2) is 5.78 Å². The van der Waals surface area contributed by atoms with Crippen LogP contribution in [-0.2, 0) is 9.47 Å². The Morgan fingerprint density at radius 2 is 1.42 bits per heavy atom. The van der Waals surface area contributed by atoms with E-state index in [2.05, 4.69) is 39.2 Å². The van der Waals surface area contributed by atoms with Gasteiger partial charge < -0.3 is 19.2 Å². The molecule has 0 spiro atoms. The second-order valence-electron chi connectivity index (χ2n) is 11.4. The third kappa shape index (κ3) is 9.43. The van der Waals surface area contributed by atoms with Crippen molar-refractivity contribution in [3.63, 3.8) is 0 Å². The maximum Gasteiger partial charge on any atom is 0.408 e. The average Bonchev–Trinajstić information content (AvgIpc) is 2.55. The minimum Gasteiger partial charge on any atom is -0.544 e. The van der Waals surface area contributed by atoms with E-state index in [1.54, 1.807) is 32.9 Å². The molecule has 176 valence electrons. The molecule has 0 saturated carbocycles. The van der Waals surface area contributed by atoms with E-state index in [0.717, 1.165) is 5.75 Å². The van der Waals surface area contributed by atoms with Gasteiger partial charge in [0.25, 0.3) is 0 Å². The summed E-state index contributed by atoms with van der Waals surface area (Å²) in [4.78, 5) is 25.4. The summed E-state index contributed by atoms with van der Waals surface area (Å²) < 4.78 is 17.4. The van der Waals surface area contributed by atoms with Crippen LogP contribution in [0.25, 0.3) is 0 Å². The SMILES string of the molecule is CC(C)(C)OC[C@H](NC(=O)OC(C)(C)C)C(=O)c1ccc(O[Si](C)(C)C(C)(C)C)cc1. The fourth-order valence-corrected chi connectivity index (χ4v) is 3.33. The lowest BCUT2D eigenvalue weighted by Gasteiger charge is -2.36. The van der Waals surface area contributed by atoms with Gasteiger partial charge in [0.2, 0.25) is 8.32 Å². The van der Waals surface area contributed by atoms with Crippen molar-refractivity contribution in [2.75, 3.05) is 6.61 Å². The molecular weight excluding hydrogens is 410 g/mol. The molecule has 0 fully saturated rings. The number of nitrogens with one attached hydrogen (secondary N) is 1. The smallest absolute Gasteiger partial charge is 0.408 e. The summed E-state index contributed by atoms with van der Waals surface area (Å²) in [5.41, 5.74) is -0.638. The Kier molecular flexibility index (Phi) is 8.53. The molecule has 7 heteroatoms. The standard InChI is InChI=1S/C24H41NO5Si/c1-22(2,3)28-16-19(25-21(27)29-23(4,5)6)20(26)17-12-14-18(15-13-17)30-31(10,11)24(7,8)9/h12-15,19H,16H2,1-11H3,(H,25,27)/t19-/m0/s1. The van der Waals surface area contributed by atoms with E-state index in [0.29, 0.717) is 5.56 Å². The van der Waals surface area contributed by atoms with Crippen molar-refractivity contribution >= 4 is 20.2 Å². The van der Waals surface area contributed by atoms with Gasteiger partial charge in [-0.05, 0) is 83.9 Å². The zero-order valence-electron chi connectivity index (χ0n) is 21.1. The molecule has 0 radical (unpaired) electrons. The first-order valence-corrected chi connectivity index (χ1v) is 13.7. The van der Waals surface area contributed by atoms with Crippen molar-refractivity contribution in [3.05, 3.63) is 29.8 Å². The van der Waals surface area contributed by atoms with Gasteiger partial charge in [-0.3, -0.25) is 4.79 Å². The van der Waals surface area contributed by atoms with Crippen molar-refractivity contribution in [2.24, 2.45) is 0 Å². The summed E-state index contributed by atoms with van der Waals surface area (Å²) in [7, 11) is -1.97. The first-order valence-electron chi connectivity index (χ1n) is 10.8. The molecule has 1 rings (SSSR count). The largest absolute Gasteiger partial charge is 0.544 e. The van der Waals surface area contributed by atoms with E-state index in [1.807, 2.05) is 32.9 Å². The highest BCUT2D eigenvalue weighted by Gasteiger charge is 2.39. The molecule has 1 N–H and O–H groups in total. The van der Waals surface area contributed by atoms with Crippen LogP contribution in [0.5, 0.6) is 5.75 Å². The third-order valence-corrected chi connectivity index (χ3v) is 9.37. The Morgan fingerprint density at radius 3 is 1.84 bits per heavy atom. The molecule has 0 heterocycles. The quantitative estimate of drug-likeness (QED) is 0.409. The molecule has 0 aliphatic heterocycles. The fraction of sp³-hybridized carbons (Fsp3) is 0.667. The number of carbonyl (C=O) groups is 2. The monoisotopic (exact) mass is 451 g/mol. The lowest BCUT2D eigenvalue weighted by molar-refractivity contribution is -0.0143. The lowest BCUT2D eigenvalue weighted by atomic mass is 10.0. The van der Waals surface area contributed by atoms with Gasteiger partial charge in [-0.1, -0.05) is 20.8 Å². The minimum atomic E-state index is -1.97. The second-order valence-corrected chi connectivity index (χ2v) is 16.1. The number of hydrogen-bond donors (Lipinski definition) is 1. The van der Waals surface area contributed by atoms with E-state index in [4.69, 9.17) is 13.9 Å². The zero-order chi connectivity index (χ0) is 24.3. The van der Waals surface area contributed by atoms with E-state index in [1.165, 1.54) is 0 Å². The van der Waals surface area contributed by atoms with Gasteiger partial charge in [-0.25, -0.2) is 4.79 Å². The van der Waals surface area contributed by atoms with Crippen LogP contribution in [0.15, 0.2) is 24.3 Å². The first-order chi connectivity index (χ1) is 13.8. The van der Waals surface area contributed by atoms with Crippen molar-refractivity contribution in [1.82, 2.24) is 5.32 Å². The average molecular weight is 452 g/mol. The molecule has 0 aromatic heterocycles. The Balaban J connectivity index is 3.01. The van der Waals surface area contributed by atoms with E-state index in [-0.39, 0.29) is 17.4 Å². The van der Waals surface area contributed by atoms with E-state index in [9.17, 15) is 9.59 Å². The van der Waals surface area contributed by atoms with Crippen molar-refractivity contribution < 1.29 is 23.5 Å². The van der Waals surface area contributed by atoms with E-state index >= 15 is 0 Å². The Bertz CT molecular complexity index is 752. The van der Waals surface area contributed by atoms with Crippen molar-refractivity contribution in [2.45, 2.75) is 97.7 Å². The Morgan fingerprint density at radius 1 is 0.903 bits per heavy atom. The van der Waals surface area contributed by atoms with E-state index < -0.39 is 31.7 Å². The van der Waals surface area contributed by atoms with Gasteiger partial charge in [-0.15, -0.1) is 0 Å². The predicted octanol–water partition coefficient (Wildman–Crippen LogP) is 5.96. The van der Waals surface area contributed by atoms with Crippen LogP contribution in [-0.4, -0.2) is 44.0 Å². The molecule has 1 amide bonds. The molecule has 0 saturated heterocycles. The van der Waals surface area contributed by atoms with Crippen LogP contribution in [0.2, 0.25) is 18.1 Å². The number of benzene rings is 1. The van der Waals surface area contributed by atoms with Gasteiger partial charge in [0.05, 0.1) is 12.2 Å². The van der Waals surface area contributed by atoms with Crippen LogP contribution in [0, 0.1) is 0 Å². The summed E-state index contributed by atoms with van der Waals surface area (Å²) in [5.74, 6) is 0.500. The third-order valence-electron chi connectivity index (χ3n) is 5.01. The highest BCUT2D eigenvalue weighted by atomic mass is 28.4. The Hall–Kier alpha value is -1.86. The molecule has 1 aromatic carbocycles. The number of alkyl carbamates (subject to hydrolysis) is 1. The summed E-state index contributed by atoms with van der Waals surface area (Å²) in [5, 5.41) is 2.73. The van der Waals surface area contributed by atoms with Crippen LogP contribution in [0.4, 0.5) is 4.79 Å². The number of carbonyl (C=O) groups excluding carboxylic acids is 2. The lowest BCUT2D eigenvalue weighted by Crippen LogP contribution is -2.47. The molecule has 0 bridgehead atoms. The van der Waals surface area contributed by atoms with Gasteiger partial charge in [-0.2, -0.15) is 0 Å². The van der Waals surface area contributed by atoms with Crippen molar-refractivity contribution in [3.8, 4) is 5.75 Å². The molecule has 0 aliphatic rings. The van der Waals surface area contributed by atoms with Crippen LogP contribution in [0.3, 0.4) is 0 Å². The molecular formula is C24H41NO5Si. The van der Waals surface area contributed by atoms with Gasteiger partial charge in [0, 0.05) is 5.56 Å². The first kappa shape index (κ1) is 27.2. The number of ether oxygens (including phenoxy) is 2. The highest BCUT2D eigenvalue weighted by molar-refractivity contribution is 6.74. The van der Waals surface area contributed by atoms with Crippen LogP contribution < -0.4 is 9.74 Å². The number of ketones is 1. The molecule has 6 nitrogen and oxygen atoms in total. The van der Waals surface area contributed by atoms with Crippen LogP contribution in [0.1, 0.15) is 72.7 Å². The maximum absolute atomic E-state index is 13.1. The molecule has 1 aromatic rings. The topological polar surface area (TPSA) is 73.9 Å². The minimum absolute atomic E-state index is 0.0454. The summed E-state index contributed by atoms with van der Waals surface area (Å²) in [6, 6.07) is 6.21. The summed E-state index contributed by atoms with van der Waals surface area (Å²) >= 11 is 0. The highest BCUT2D eigenvalue weighted by Crippen LogP contribution is 2.37. The molecule has 31 heavy (non-hydrogen) atoms. The fourth-order valence-electron chi connectivity index (χ4n) is 2.30. The second kappa shape index (κ2) is 9.73. The summed E-state index contributed by atoms with van der Waals surface area (Å²) in [6.07, 6.45) is -0.652. The predicted molar refractivity (Wildman–Crippen MR) is 127 cm³/mol. The molecule has 1 atom stereocenters. The van der Waals surface area contributed by atoms with Gasteiger partial charge >= 0.3 is 6.09 Å². The Labute approximate surface area is 189 Å². The molecule has 0 aliphatic carbocycles. The van der Waals surface area contributed by atoms with Gasteiger partial charge in [0.1, 0.15) is 17.4 Å². The normalized spacial score (nSPS) is 14.0. The number of Topliss-reactive ketones (excluding diaryl/α,β-unsaturated/α-hetero) is 1. The number of amides is 1. The zero-order valence-corrected chi connectivity index (χ0v) is 22.1. The maximum atomic E-state index is 13.1. The molecule has 0 unspecified atom stereocenters. The summed E-state index contributed by atoms with van der Waals surface area (Å²) in [6.45, 7) is 22.0. The number of hydrogen-bond acceptors (Lipinski definition) is 5. The van der Waals surface area contributed by atoms with Crippen LogP contribution >= 0.6 is 0 Å².